The number of nitrogens with zero attached hydrogens (tertiary/aromatic N) is 1. The number of hydrogen-bond donors (Lipinski definition) is 2. The summed E-state index contributed by atoms with van der Waals surface area (Å²) < 4.78 is 10.0. The van der Waals surface area contributed by atoms with Crippen LogP contribution in [0, 0.1) is 13.8 Å². The number of ether oxygens (including phenoxy) is 2. The zero-order chi connectivity index (χ0) is 22.5. The molecule has 1 amide bonds. The van der Waals surface area contributed by atoms with Crippen LogP contribution in [0.4, 0.5) is 5.00 Å². The number of carbonyl (C=O) groups is 3. The monoisotopic (exact) mass is 441 g/mol. The molecule has 0 saturated heterocycles. The third-order valence-electron chi connectivity index (χ3n) is 4.56. The maximum atomic E-state index is 12.8. The Morgan fingerprint density at radius 1 is 1.13 bits per heavy atom. The molecule has 0 fully saturated rings. The molecule has 8 nitrogen and oxygen atoms in total. The predicted octanol–water partition coefficient (Wildman–Crippen LogP) is 4.36. The summed E-state index contributed by atoms with van der Waals surface area (Å²) in [5.74, 6) is -1.69. The summed E-state index contributed by atoms with van der Waals surface area (Å²) in [6.45, 7) is 5.71. The lowest BCUT2D eigenvalue weighted by molar-refractivity contribution is 0.0506. The van der Waals surface area contributed by atoms with E-state index in [0.29, 0.717) is 17.7 Å². The fourth-order valence-electron chi connectivity index (χ4n) is 2.88. The summed E-state index contributed by atoms with van der Waals surface area (Å²) in [7, 11) is 1.26. The van der Waals surface area contributed by atoms with E-state index in [0.717, 1.165) is 22.5 Å². The minimum Gasteiger partial charge on any atom is -0.465 e. The standard InChI is InChI=1S/C22H23N3O5S/c1-5-10-30-21(27)17-13(3)18(22(28)29-4)31-20(17)23-19(26)16-11-15(24-25-16)14-8-6-12(2)7-9-14/h6-9,11H,5,10H2,1-4H3,(H,23,26)(H,24,25). The smallest absolute Gasteiger partial charge is 0.348 e. The zero-order valence-corrected chi connectivity index (χ0v) is 18.5. The summed E-state index contributed by atoms with van der Waals surface area (Å²) >= 11 is 0.967. The van der Waals surface area contributed by atoms with Gasteiger partial charge < -0.3 is 14.8 Å². The molecule has 0 saturated carbocycles. The lowest BCUT2D eigenvalue weighted by Crippen LogP contribution is -2.15. The van der Waals surface area contributed by atoms with Crippen molar-refractivity contribution in [3.63, 3.8) is 0 Å². The van der Waals surface area contributed by atoms with Crippen molar-refractivity contribution in [2.24, 2.45) is 0 Å². The van der Waals surface area contributed by atoms with Crippen molar-refractivity contribution in [2.45, 2.75) is 27.2 Å². The van der Waals surface area contributed by atoms with Gasteiger partial charge >= 0.3 is 11.9 Å². The second-order valence-electron chi connectivity index (χ2n) is 6.87. The molecule has 0 radical (unpaired) electrons. The molecule has 3 rings (SSSR count). The third-order valence-corrected chi connectivity index (χ3v) is 5.74. The molecule has 0 aliphatic rings. The second-order valence-corrected chi connectivity index (χ2v) is 7.90. The zero-order valence-electron chi connectivity index (χ0n) is 17.7. The molecule has 2 aromatic heterocycles. The highest BCUT2D eigenvalue weighted by molar-refractivity contribution is 7.18. The maximum absolute atomic E-state index is 12.8. The Labute approximate surface area is 183 Å². The largest absolute Gasteiger partial charge is 0.465 e. The van der Waals surface area contributed by atoms with Gasteiger partial charge in [-0.25, -0.2) is 9.59 Å². The molecule has 162 valence electrons. The minimum atomic E-state index is -0.606. The Morgan fingerprint density at radius 3 is 2.48 bits per heavy atom. The number of hydrogen-bond acceptors (Lipinski definition) is 7. The molecule has 2 N–H and O–H groups in total. The van der Waals surface area contributed by atoms with Crippen molar-refractivity contribution in [2.75, 3.05) is 19.0 Å². The molecule has 2 heterocycles. The Hall–Kier alpha value is -3.46. The van der Waals surface area contributed by atoms with E-state index in [1.807, 2.05) is 38.1 Å². The minimum absolute atomic E-state index is 0.144. The fourth-order valence-corrected chi connectivity index (χ4v) is 3.99. The van der Waals surface area contributed by atoms with E-state index >= 15 is 0 Å². The van der Waals surface area contributed by atoms with Crippen molar-refractivity contribution >= 4 is 34.2 Å². The Bertz CT molecular complexity index is 1110. The number of amides is 1. The average Bonchev–Trinajstić information content (AvgIpc) is 3.37. The molecule has 0 bridgehead atoms. The van der Waals surface area contributed by atoms with E-state index in [4.69, 9.17) is 9.47 Å². The molecule has 0 spiro atoms. The molecule has 9 heteroatoms. The number of esters is 2. The summed E-state index contributed by atoms with van der Waals surface area (Å²) in [5, 5.41) is 9.82. The number of methoxy groups -OCH3 is 1. The molecule has 0 unspecified atom stereocenters. The van der Waals surface area contributed by atoms with Crippen molar-refractivity contribution in [1.29, 1.82) is 0 Å². The van der Waals surface area contributed by atoms with Crippen LogP contribution >= 0.6 is 11.3 Å². The summed E-state index contributed by atoms with van der Waals surface area (Å²) in [5.41, 5.74) is 3.36. The second kappa shape index (κ2) is 9.57. The lowest BCUT2D eigenvalue weighted by atomic mass is 10.1. The van der Waals surface area contributed by atoms with Crippen LogP contribution < -0.4 is 5.32 Å². The van der Waals surface area contributed by atoms with Crippen molar-refractivity contribution in [3.05, 3.63) is 57.6 Å². The van der Waals surface area contributed by atoms with Crippen LogP contribution in [-0.4, -0.2) is 41.8 Å². The van der Waals surface area contributed by atoms with Gasteiger partial charge in [0.15, 0.2) is 0 Å². The number of thiophene rings is 1. The highest BCUT2D eigenvalue weighted by Crippen LogP contribution is 2.34. The van der Waals surface area contributed by atoms with E-state index in [9.17, 15) is 14.4 Å². The molecule has 31 heavy (non-hydrogen) atoms. The first kappa shape index (κ1) is 22.2. The third kappa shape index (κ3) is 4.83. The number of benzene rings is 1. The van der Waals surface area contributed by atoms with Gasteiger partial charge in [0.2, 0.25) is 0 Å². The fraction of sp³-hybridized carbons (Fsp3) is 0.273. The van der Waals surface area contributed by atoms with Crippen LogP contribution in [-0.2, 0) is 9.47 Å². The van der Waals surface area contributed by atoms with Crippen molar-refractivity contribution < 1.29 is 23.9 Å². The Morgan fingerprint density at radius 2 is 1.84 bits per heavy atom. The summed E-state index contributed by atoms with van der Waals surface area (Å²) in [6.07, 6.45) is 0.649. The van der Waals surface area contributed by atoms with E-state index in [-0.39, 0.29) is 27.7 Å². The first-order valence-electron chi connectivity index (χ1n) is 9.68. The quantitative estimate of drug-likeness (QED) is 0.527. The van der Waals surface area contributed by atoms with E-state index in [2.05, 4.69) is 15.5 Å². The molecule has 0 aliphatic heterocycles. The van der Waals surface area contributed by atoms with Crippen LogP contribution in [0.3, 0.4) is 0 Å². The predicted molar refractivity (Wildman–Crippen MR) is 118 cm³/mol. The number of H-pyrrole nitrogens is 1. The first-order chi connectivity index (χ1) is 14.8. The molecule has 1 aromatic carbocycles. The van der Waals surface area contributed by atoms with E-state index in [1.54, 1.807) is 13.0 Å². The number of nitrogens with one attached hydrogen (secondary N) is 2. The molecule has 3 aromatic rings. The highest BCUT2D eigenvalue weighted by atomic mass is 32.1. The van der Waals surface area contributed by atoms with Gasteiger partial charge in [-0.05, 0) is 31.9 Å². The van der Waals surface area contributed by atoms with Crippen LogP contribution in [0.5, 0.6) is 0 Å². The van der Waals surface area contributed by atoms with Gasteiger partial charge in [-0.15, -0.1) is 11.3 Å². The van der Waals surface area contributed by atoms with Gasteiger partial charge in [-0.3, -0.25) is 9.89 Å². The molecule has 0 atom stereocenters. The van der Waals surface area contributed by atoms with Gasteiger partial charge in [0.05, 0.1) is 25.0 Å². The number of rotatable bonds is 7. The van der Waals surface area contributed by atoms with Gasteiger partial charge in [0, 0.05) is 5.56 Å². The Kier molecular flexibility index (Phi) is 6.86. The van der Waals surface area contributed by atoms with Gasteiger partial charge in [0.25, 0.3) is 5.91 Å². The van der Waals surface area contributed by atoms with Gasteiger partial charge in [-0.2, -0.15) is 5.10 Å². The summed E-state index contributed by atoms with van der Waals surface area (Å²) in [6, 6.07) is 9.37. The van der Waals surface area contributed by atoms with Crippen LogP contribution in [0.2, 0.25) is 0 Å². The van der Waals surface area contributed by atoms with Crippen LogP contribution in [0.25, 0.3) is 11.3 Å². The molecular formula is C22H23N3O5S. The van der Waals surface area contributed by atoms with Crippen LogP contribution in [0.1, 0.15) is 55.0 Å². The number of aromatic nitrogens is 2. The van der Waals surface area contributed by atoms with Gasteiger partial charge in [-0.1, -0.05) is 36.8 Å². The normalized spacial score (nSPS) is 10.6. The van der Waals surface area contributed by atoms with Crippen molar-refractivity contribution in [3.8, 4) is 11.3 Å². The first-order valence-corrected chi connectivity index (χ1v) is 10.5. The topological polar surface area (TPSA) is 110 Å². The number of aromatic amines is 1. The number of aryl methyl sites for hydroxylation is 1. The Balaban J connectivity index is 1.89. The SMILES string of the molecule is CCCOC(=O)c1c(NC(=O)c2cc(-c3ccc(C)cc3)n[nH]2)sc(C(=O)OC)c1C. The maximum Gasteiger partial charge on any atom is 0.348 e. The van der Waals surface area contributed by atoms with E-state index in [1.165, 1.54) is 7.11 Å². The highest BCUT2D eigenvalue weighted by Gasteiger charge is 2.27. The van der Waals surface area contributed by atoms with E-state index < -0.39 is 17.8 Å². The average molecular weight is 442 g/mol. The number of carbonyl (C=O) groups excluding carboxylic acids is 3. The van der Waals surface area contributed by atoms with Gasteiger partial charge in [0.1, 0.15) is 15.6 Å². The molecule has 0 aliphatic carbocycles. The lowest BCUT2D eigenvalue weighted by Gasteiger charge is -2.07. The van der Waals surface area contributed by atoms with Crippen molar-refractivity contribution in [1.82, 2.24) is 10.2 Å². The molecular weight excluding hydrogens is 418 g/mol. The number of anilines is 1. The summed E-state index contributed by atoms with van der Waals surface area (Å²) in [4.78, 5) is 37.7. The van der Waals surface area contributed by atoms with Crippen LogP contribution in [0.15, 0.2) is 30.3 Å².